The van der Waals surface area contributed by atoms with Crippen LogP contribution in [0.1, 0.15) is 21.7 Å². The van der Waals surface area contributed by atoms with Crippen molar-refractivity contribution in [1.29, 1.82) is 0 Å². The minimum Gasteiger partial charge on any atom is -0.383 e. The highest BCUT2D eigenvalue weighted by atomic mass is 32.1. The summed E-state index contributed by atoms with van der Waals surface area (Å²) in [6, 6.07) is 3.92. The van der Waals surface area contributed by atoms with Crippen LogP contribution in [0.4, 0.5) is 0 Å². The highest BCUT2D eigenvalue weighted by Gasteiger charge is 2.23. The fourth-order valence-electron chi connectivity index (χ4n) is 1.59. The van der Waals surface area contributed by atoms with E-state index in [-0.39, 0.29) is 0 Å². The van der Waals surface area contributed by atoms with E-state index in [1.54, 1.807) is 22.7 Å². The monoisotopic (exact) mass is 268 g/mol. The van der Waals surface area contributed by atoms with Crippen LogP contribution in [0.25, 0.3) is 0 Å². The van der Waals surface area contributed by atoms with Gasteiger partial charge in [0.15, 0.2) is 0 Å². The van der Waals surface area contributed by atoms with Crippen LogP contribution in [0.5, 0.6) is 0 Å². The predicted molar refractivity (Wildman–Crippen MR) is 72.4 cm³/mol. The molecule has 2 N–H and O–H groups in total. The van der Waals surface area contributed by atoms with Gasteiger partial charge >= 0.3 is 0 Å². The Morgan fingerprint density at radius 1 is 1.53 bits per heavy atom. The maximum atomic E-state index is 10.3. The van der Waals surface area contributed by atoms with Crippen molar-refractivity contribution in [2.45, 2.75) is 26.0 Å². The zero-order chi connectivity index (χ0) is 12.3. The highest BCUT2D eigenvalue weighted by Crippen LogP contribution is 2.24. The molecule has 2 aromatic heterocycles. The molecule has 1 atom stereocenters. The molecule has 3 nitrogen and oxygen atoms in total. The Labute approximate surface area is 109 Å². The molecule has 0 fully saturated rings. The molecule has 0 saturated carbocycles. The lowest BCUT2D eigenvalue weighted by molar-refractivity contribution is 0.0605. The molecular formula is C12H16N2OS2. The van der Waals surface area contributed by atoms with Crippen molar-refractivity contribution in [2.24, 2.45) is 0 Å². The molecule has 1 unspecified atom stereocenters. The number of aryl methyl sites for hydroxylation is 1. The lowest BCUT2D eigenvalue weighted by Gasteiger charge is -2.22. The zero-order valence-electron chi connectivity index (χ0n) is 9.93. The lowest BCUT2D eigenvalue weighted by atomic mass is 10.1. The van der Waals surface area contributed by atoms with E-state index in [0.717, 1.165) is 16.4 Å². The van der Waals surface area contributed by atoms with E-state index in [4.69, 9.17) is 0 Å². The number of hydrogen-bond acceptors (Lipinski definition) is 5. The molecule has 0 amide bonds. The number of rotatable bonds is 5. The van der Waals surface area contributed by atoms with Crippen molar-refractivity contribution >= 4 is 22.7 Å². The molecule has 17 heavy (non-hydrogen) atoms. The third-order valence-electron chi connectivity index (χ3n) is 2.49. The smallest absolute Gasteiger partial charge is 0.108 e. The Morgan fingerprint density at radius 3 is 2.94 bits per heavy atom. The second-order valence-corrected chi connectivity index (χ2v) is 6.47. The summed E-state index contributed by atoms with van der Waals surface area (Å²) in [4.78, 5) is 6.39. The van der Waals surface area contributed by atoms with Gasteiger partial charge in [0.1, 0.15) is 5.60 Å². The molecule has 0 aliphatic carbocycles. The van der Waals surface area contributed by atoms with E-state index in [0.29, 0.717) is 6.54 Å². The summed E-state index contributed by atoms with van der Waals surface area (Å²) in [5, 5.41) is 16.6. The fraction of sp³-hybridized carbons (Fsp3) is 0.417. The molecule has 0 radical (unpaired) electrons. The predicted octanol–water partition coefficient (Wildman–Crippen LogP) is 2.51. The average Bonchev–Trinajstić information content (AvgIpc) is 2.89. The molecule has 2 heterocycles. The molecule has 0 spiro atoms. The Morgan fingerprint density at radius 2 is 2.35 bits per heavy atom. The molecular weight excluding hydrogens is 252 g/mol. The summed E-state index contributed by atoms with van der Waals surface area (Å²) in [5.74, 6) is 0. The molecule has 5 heteroatoms. The van der Waals surface area contributed by atoms with Crippen LogP contribution in [-0.4, -0.2) is 16.6 Å². The standard InChI is InChI=1S/C12H16N2OS2/c1-9-14-7-10(17-9)6-13-8-12(2,15)11-4-3-5-16-11/h3-5,7,13,15H,6,8H2,1-2H3. The van der Waals surface area contributed by atoms with E-state index in [2.05, 4.69) is 10.3 Å². The van der Waals surface area contributed by atoms with Crippen molar-refractivity contribution in [3.8, 4) is 0 Å². The van der Waals surface area contributed by atoms with Gasteiger partial charge in [0.25, 0.3) is 0 Å². The molecule has 2 aromatic rings. The quantitative estimate of drug-likeness (QED) is 0.876. The van der Waals surface area contributed by atoms with E-state index in [9.17, 15) is 5.11 Å². The van der Waals surface area contributed by atoms with Crippen molar-refractivity contribution in [2.75, 3.05) is 6.54 Å². The van der Waals surface area contributed by atoms with Crippen LogP contribution in [0.2, 0.25) is 0 Å². The molecule has 0 aromatic carbocycles. The van der Waals surface area contributed by atoms with Crippen molar-refractivity contribution in [3.63, 3.8) is 0 Å². The molecule has 0 saturated heterocycles. The summed E-state index contributed by atoms with van der Waals surface area (Å²) >= 11 is 3.26. The van der Waals surface area contributed by atoms with Crippen LogP contribution < -0.4 is 5.32 Å². The normalized spacial score (nSPS) is 14.8. The third kappa shape index (κ3) is 3.35. The first-order valence-electron chi connectivity index (χ1n) is 5.46. The van der Waals surface area contributed by atoms with Gasteiger partial charge in [-0.05, 0) is 25.3 Å². The van der Waals surface area contributed by atoms with E-state index >= 15 is 0 Å². The van der Waals surface area contributed by atoms with Crippen LogP contribution in [0.3, 0.4) is 0 Å². The Hall–Kier alpha value is -0.750. The molecule has 0 aliphatic rings. The first kappa shape index (κ1) is 12.7. The van der Waals surface area contributed by atoms with Gasteiger partial charge in [-0.3, -0.25) is 0 Å². The van der Waals surface area contributed by atoms with Crippen LogP contribution in [-0.2, 0) is 12.1 Å². The number of aromatic nitrogens is 1. The number of aliphatic hydroxyl groups is 1. The maximum absolute atomic E-state index is 10.3. The van der Waals surface area contributed by atoms with Gasteiger partial charge in [0, 0.05) is 29.0 Å². The Balaban J connectivity index is 1.86. The minimum absolute atomic E-state index is 0.546. The summed E-state index contributed by atoms with van der Waals surface area (Å²) in [7, 11) is 0. The van der Waals surface area contributed by atoms with Gasteiger partial charge in [-0.2, -0.15) is 0 Å². The average molecular weight is 268 g/mol. The van der Waals surface area contributed by atoms with Crippen molar-refractivity contribution < 1.29 is 5.11 Å². The van der Waals surface area contributed by atoms with Gasteiger partial charge in [-0.25, -0.2) is 4.98 Å². The third-order valence-corrected chi connectivity index (χ3v) is 4.53. The molecule has 2 rings (SSSR count). The van der Waals surface area contributed by atoms with Crippen LogP contribution >= 0.6 is 22.7 Å². The molecule has 0 bridgehead atoms. The van der Waals surface area contributed by atoms with Gasteiger partial charge in [0.05, 0.1) is 5.01 Å². The van der Waals surface area contributed by atoms with Gasteiger partial charge < -0.3 is 10.4 Å². The van der Waals surface area contributed by atoms with Gasteiger partial charge in [0.2, 0.25) is 0 Å². The maximum Gasteiger partial charge on any atom is 0.108 e. The minimum atomic E-state index is -0.798. The Kier molecular flexibility index (Phi) is 3.93. The largest absolute Gasteiger partial charge is 0.383 e. The van der Waals surface area contributed by atoms with E-state index in [1.165, 1.54) is 4.88 Å². The van der Waals surface area contributed by atoms with E-state index in [1.807, 2.05) is 37.6 Å². The number of nitrogens with one attached hydrogen (secondary N) is 1. The second kappa shape index (κ2) is 5.27. The number of nitrogens with zero attached hydrogens (tertiary/aromatic N) is 1. The van der Waals surface area contributed by atoms with Gasteiger partial charge in [-0.15, -0.1) is 22.7 Å². The van der Waals surface area contributed by atoms with E-state index < -0.39 is 5.60 Å². The fourth-order valence-corrected chi connectivity index (χ4v) is 3.14. The topological polar surface area (TPSA) is 45.2 Å². The second-order valence-electron chi connectivity index (χ2n) is 4.20. The summed E-state index contributed by atoms with van der Waals surface area (Å²) in [6.07, 6.45) is 1.88. The summed E-state index contributed by atoms with van der Waals surface area (Å²) in [6.45, 7) is 5.14. The van der Waals surface area contributed by atoms with Crippen LogP contribution in [0.15, 0.2) is 23.7 Å². The number of hydrogen-bond donors (Lipinski definition) is 2. The first-order chi connectivity index (χ1) is 8.08. The number of thiazole rings is 1. The van der Waals surface area contributed by atoms with Crippen molar-refractivity contribution in [3.05, 3.63) is 38.5 Å². The lowest BCUT2D eigenvalue weighted by Crippen LogP contribution is -2.34. The summed E-state index contributed by atoms with van der Waals surface area (Å²) < 4.78 is 0. The summed E-state index contributed by atoms with van der Waals surface area (Å²) in [5.41, 5.74) is -0.798. The molecule has 0 aliphatic heterocycles. The highest BCUT2D eigenvalue weighted by molar-refractivity contribution is 7.11. The Bertz CT molecular complexity index is 463. The van der Waals surface area contributed by atoms with Gasteiger partial charge in [-0.1, -0.05) is 6.07 Å². The number of thiophene rings is 1. The molecule has 92 valence electrons. The first-order valence-corrected chi connectivity index (χ1v) is 7.16. The zero-order valence-corrected chi connectivity index (χ0v) is 11.6. The van der Waals surface area contributed by atoms with Crippen LogP contribution in [0, 0.1) is 6.92 Å². The SMILES string of the molecule is Cc1ncc(CNCC(C)(O)c2cccs2)s1. The van der Waals surface area contributed by atoms with Crippen molar-refractivity contribution in [1.82, 2.24) is 10.3 Å².